The quantitative estimate of drug-likeness (QED) is 0.833. The molecule has 2 rings (SSSR count). The molecule has 0 aliphatic carbocycles. The fourth-order valence-electron chi connectivity index (χ4n) is 2.42. The number of likely N-dealkylation sites (tertiary alicyclic amines) is 1. The van der Waals surface area contributed by atoms with E-state index in [9.17, 15) is 4.79 Å². The van der Waals surface area contributed by atoms with Gasteiger partial charge in [-0.15, -0.1) is 0 Å². The van der Waals surface area contributed by atoms with Gasteiger partial charge in [-0.3, -0.25) is 4.79 Å². The fourth-order valence-corrected chi connectivity index (χ4v) is 2.87. The van der Waals surface area contributed by atoms with Gasteiger partial charge in [-0.05, 0) is 53.5 Å². The highest BCUT2D eigenvalue weighted by atomic mass is 79.9. The molecule has 1 unspecified atom stereocenters. The Bertz CT molecular complexity index is 464. The lowest BCUT2D eigenvalue weighted by Gasteiger charge is -2.14. The summed E-state index contributed by atoms with van der Waals surface area (Å²) in [6, 6.07) is 5.35. The van der Waals surface area contributed by atoms with Crippen molar-refractivity contribution in [1.82, 2.24) is 10.2 Å². The van der Waals surface area contributed by atoms with Crippen molar-refractivity contribution in [3.8, 4) is 0 Å². The van der Waals surface area contributed by atoms with Crippen molar-refractivity contribution < 1.29 is 4.79 Å². The van der Waals surface area contributed by atoms with Crippen molar-refractivity contribution in [1.29, 1.82) is 0 Å². The summed E-state index contributed by atoms with van der Waals surface area (Å²) < 4.78 is 0.675. The number of anilines is 1. The van der Waals surface area contributed by atoms with Crippen molar-refractivity contribution >= 4 is 27.5 Å². The van der Waals surface area contributed by atoms with Crippen LogP contribution < -0.4 is 11.1 Å². The van der Waals surface area contributed by atoms with Gasteiger partial charge in [-0.25, -0.2) is 0 Å². The lowest BCUT2D eigenvalue weighted by molar-refractivity contribution is 0.0946. The Morgan fingerprint density at radius 3 is 3.05 bits per heavy atom. The van der Waals surface area contributed by atoms with Crippen LogP contribution in [0.25, 0.3) is 0 Å². The molecule has 1 saturated heterocycles. The number of benzene rings is 1. The maximum Gasteiger partial charge on any atom is 0.252 e. The Hall–Kier alpha value is -1.07. The molecule has 104 valence electrons. The summed E-state index contributed by atoms with van der Waals surface area (Å²) in [5, 5.41) is 3.00. The van der Waals surface area contributed by atoms with Crippen molar-refractivity contribution in [2.24, 2.45) is 5.92 Å². The van der Waals surface area contributed by atoms with Crippen molar-refractivity contribution in [2.75, 3.05) is 31.9 Å². The van der Waals surface area contributed by atoms with E-state index in [1.54, 1.807) is 18.2 Å². The maximum absolute atomic E-state index is 12.1. The Morgan fingerprint density at radius 2 is 2.37 bits per heavy atom. The van der Waals surface area contributed by atoms with Crippen molar-refractivity contribution in [2.45, 2.75) is 13.3 Å². The summed E-state index contributed by atoms with van der Waals surface area (Å²) in [6.45, 7) is 6.21. The molecule has 19 heavy (non-hydrogen) atoms. The molecule has 1 aliphatic rings. The van der Waals surface area contributed by atoms with Gasteiger partial charge in [0.2, 0.25) is 0 Å². The van der Waals surface area contributed by atoms with Crippen molar-refractivity contribution in [3.05, 3.63) is 28.2 Å². The van der Waals surface area contributed by atoms with Crippen LogP contribution in [0.15, 0.2) is 22.7 Å². The SMILES string of the molecule is CCN1CCC(CNC(=O)c2cccc(N)c2Br)C1. The van der Waals surface area contributed by atoms with E-state index in [-0.39, 0.29) is 5.91 Å². The van der Waals surface area contributed by atoms with E-state index in [0.717, 1.165) is 32.6 Å². The largest absolute Gasteiger partial charge is 0.398 e. The average Bonchev–Trinajstić information content (AvgIpc) is 2.87. The lowest BCUT2D eigenvalue weighted by atomic mass is 10.1. The Labute approximate surface area is 122 Å². The van der Waals surface area contributed by atoms with E-state index in [0.29, 0.717) is 21.6 Å². The molecule has 4 nitrogen and oxygen atoms in total. The molecule has 0 bridgehead atoms. The summed E-state index contributed by atoms with van der Waals surface area (Å²) in [5.41, 5.74) is 6.97. The summed E-state index contributed by atoms with van der Waals surface area (Å²) in [4.78, 5) is 14.5. The van der Waals surface area contributed by atoms with Crippen LogP contribution in [0.3, 0.4) is 0 Å². The van der Waals surface area contributed by atoms with E-state index in [1.807, 2.05) is 0 Å². The Morgan fingerprint density at radius 1 is 1.58 bits per heavy atom. The predicted molar refractivity (Wildman–Crippen MR) is 81.1 cm³/mol. The minimum Gasteiger partial charge on any atom is -0.398 e. The van der Waals surface area contributed by atoms with Gasteiger partial charge in [0, 0.05) is 18.8 Å². The number of hydrogen-bond acceptors (Lipinski definition) is 3. The predicted octanol–water partition coefficient (Wildman–Crippen LogP) is 2.10. The van der Waals surface area contributed by atoms with Crippen LogP contribution in [0.5, 0.6) is 0 Å². The van der Waals surface area contributed by atoms with Gasteiger partial charge in [0.15, 0.2) is 0 Å². The fraction of sp³-hybridized carbons (Fsp3) is 0.500. The molecule has 1 heterocycles. The number of nitrogens with one attached hydrogen (secondary N) is 1. The zero-order valence-corrected chi connectivity index (χ0v) is 12.7. The zero-order chi connectivity index (χ0) is 13.8. The molecule has 0 saturated carbocycles. The number of nitrogens with zero attached hydrogens (tertiary/aromatic N) is 1. The highest BCUT2D eigenvalue weighted by Crippen LogP contribution is 2.23. The zero-order valence-electron chi connectivity index (χ0n) is 11.2. The van der Waals surface area contributed by atoms with E-state index < -0.39 is 0 Å². The third kappa shape index (κ3) is 3.48. The molecule has 1 atom stereocenters. The number of nitrogen functional groups attached to an aromatic ring is 1. The normalized spacial score (nSPS) is 19.6. The molecular weight excluding hydrogens is 306 g/mol. The molecule has 0 spiro atoms. The monoisotopic (exact) mass is 325 g/mol. The van der Waals surface area contributed by atoms with Gasteiger partial charge >= 0.3 is 0 Å². The van der Waals surface area contributed by atoms with E-state index in [2.05, 4.69) is 33.1 Å². The molecule has 0 aromatic heterocycles. The van der Waals surface area contributed by atoms with Crippen molar-refractivity contribution in [3.63, 3.8) is 0 Å². The van der Waals surface area contributed by atoms with E-state index in [1.165, 1.54) is 0 Å². The summed E-state index contributed by atoms with van der Waals surface area (Å²) in [7, 11) is 0. The van der Waals surface area contributed by atoms with Gasteiger partial charge in [0.05, 0.1) is 10.0 Å². The second-order valence-corrected chi connectivity index (χ2v) is 5.76. The Kier molecular flexibility index (Phi) is 4.82. The van der Waals surface area contributed by atoms with Crippen LogP contribution in [-0.2, 0) is 0 Å². The summed E-state index contributed by atoms with van der Waals surface area (Å²) in [5.74, 6) is 0.498. The molecule has 1 aromatic carbocycles. The first-order valence-corrected chi connectivity index (χ1v) is 7.45. The van der Waals surface area contributed by atoms with Crippen LogP contribution in [0, 0.1) is 5.92 Å². The van der Waals surface area contributed by atoms with Gasteiger partial charge in [0.1, 0.15) is 0 Å². The van der Waals surface area contributed by atoms with Crippen LogP contribution in [0.1, 0.15) is 23.7 Å². The van der Waals surface area contributed by atoms with Gasteiger partial charge in [-0.1, -0.05) is 13.0 Å². The summed E-state index contributed by atoms with van der Waals surface area (Å²) in [6.07, 6.45) is 1.16. The molecule has 1 aromatic rings. The third-order valence-corrected chi connectivity index (χ3v) is 4.53. The van der Waals surface area contributed by atoms with E-state index >= 15 is 0 Å². The number of carbonyl (C=O) groups excluding carboxylic acids is 1. The number of carbonyl (C=O) groups is 1. The maximum atomic E-state index is 12.1. The van der Waals surface area contributed by atoms with Gasteiger partial charge < -0.3 is 16.0 Å². The lowest BCUT2D eigenvalue weighted by Crippen LogP contribution is -2.31. The highest BCUT2D eigenvalue weighted by molar-refractivity contribution is 9.10. The third-order valence-electron chi connectivity index (χ3n) is 3.64. The standard InChI is InChI=1S/C14H20BrN3O/c1-2-18-7-6-10(9-18)8-17-14(19)11-4-3-5-12(16)13(11)15/h3-5,10H,2,6-9,16H2,1H3,(H,17,19). The molecule has 1 fully saturated rings. The second-order valence-electron chi connectivity index (χ2n) is 4.97. The molecule has 1 amide bonds. The first-order valence-electron chi connectivity index (χ1n) is 6.66. The smallest absolute Gasteiger partial charge is 0.252 e. The second kappa shape index (κ2) is 6.39. The molecule has 0 radical (unpaired) electrons. The summed E-state index contributed by atoms with van der Waals surface area (Å²) >= 11 is 3.36. The molecule has 1 aliphatic heterocycles. The minimum atomic E-state index is -0.0610. The van der Waals surface area contributed by atoms with Crippen LogP contribution in [0.2, 0.25) is 0 Å². The number of halogens is 1. The van der Waals surface area contributed by atoms with Crippen LogP contribution >= 0.6 is 15.9 Å². The average molecular weight is 326 g/mol. The highest BCUT2D eigenvalue weighted by Gasteiger charge is 2.22. The van der Waals surface area contributed by atoms with E-state index in [4.69, 9.17) is 5.73 Å². The number of amides is 1. The van der Waals surface area contributed by atoms with Gasteiger partial charge in [0.25, 0.3) is 5.91 Å². The molecule has 3 N–H and O–H groups in total. The van der Waals surface area contributed by atoms with Crippen LogP contribution in [-0.4, -0.2) is 37.0 Å². The minimum absolute atomic E-state index is 0.0610. The first-order chi connectivity index (χ1) is 9.11. The molecule has 5 heteroatoms. The van der Waals surface area contributed by atoms with Gasteiger partial charge in [-0.2, -0.15) is 0 Å². The number of rotatable bonds is 4. The first kappa shape index (κ1) is 14.3. The molecular formula is C14H20BrN3O. The Balaban J connectivity index is 1.90. The number of nitrogens with two attached hydrogens (primary N) is 1. The topological polar surface area (TPSA) is 58.4 Å². The van der Waals surface area contributed by atoms with Crippen LogP contribution in [0.4, 0.5) is 5.69 Å². The number of hydrogen-bond donors (Lipinski definition) is 2.